The first-order valence-electron chi connectivity index (χ1n) is 10.2. The number of aromatic nitrogens is 2. The van der Waals surface area contributed by atoms with E-state index in [4.69, 9.17) is 4.74 Å². The Hall–Kier alpha value is -3.22. The molecular formula is C22H27FN6O2. The van der Waals surface area contributed by atoms with E-state index in [0.717, 1.165) is 6.42 Å². The van der Waals surface area contributed by atoms with Gasteiger partial charge < -0.3 is 26.0 Å². The Morgan fingerprint density at radius 1 is 1.42 bits per heavy atom. The standard InChI is InChI=1S/C22H27FN6O2/c1-24-20-15(13-27-22(29-20)28-17-9-6-8-16(23)11-17)7-4-3-5-10-25-21(30)19-12-18(31-2)14-26-19/h6,8-9,11,13,18-19,26H,3,5,10,12,14H2,1-2H3,(H,25,30)(H2,24,27,28,29)/t18-,19-/m0/s1. The molecule has 31 heavy (non-hydrogen) atoms. The molecule has 2 atom stereocenters. The van der Waals surface area contributed by atoms with E-state index in [1.165, 1.54) is 12.1 Å². The van der Waals surface area contributed by atoms with Crippen LogP contribution in [0.5, 0.6) is 0 Å². The minimum Gasteiger partial charge on any atom is -0.380 e. The summed E-state index contributed by atoms with van der Waals surface area (Å²) in [6, 6.07) is 5.90. The number of amides is 1. The summed E-state index contributed by atoms with van der Waals surface area (Å²) in [6.45, 7) is 1.27. The molecule has 0 spiro atoms. The molecule has 2 aromatic rings. The van der Waals surface area contributed by atoms with Crippen molar-refractivity contribution < 1.29 is 13.9 Å². The van der Waals surface area contributed by atoms with Crippen LogP contribution in [0.15, 0.2) is 30.5 Å². The molecule has 4 N–H and O–H groups in total. The summed E-state index contributed by atoms with van der Waals surface area (Å²) < 4.78 is 18.6. The number of nitrogens with zero attached hydrogens (tertiary/aromatic N) is 2. The number of anilines is 3. The normalized spacial score (nSPS) is 17.5. The summed E-state index contributed by atoms with van der Waals surface area (Å²) >= 11 is 0. The maximum Gasteiger partial charge on any atom is 0.237 e. The zero-order valence-electron chi connectivity index (χ0n) is 17.7. The third-order valence-corrected chi connectivity index (χ3v) is 4.85. The van der Waals surface area contributed by atoms with Gasteiger partial charge in [0.05, 0.1) is 23.9 Å². The Labute approximate surface area is 181 Å². The fraction of sp³-hybridized carbons (Fsp3) is 0.409. The Morgan fingerprint density at radius 2 is 2.29 bits per heavy atom. The predicted molar refractivity (Wildman–Crippen MR) is 118 cm³/mol. The highest BCUT2D eigenvalue weighted by Crippen LogP contribution is 2.17. The lowest BCUT2D eigenvalue weighted by Crippen LogP contribution is -2.40. The lowest BCUT2D eigenvalue weighted by atomic mass is 10.2. The maximum absolute atomic E-state index is 13.3. The number of hydrogen-bond donors (Lipinski definition) is 4. The van der Waals surface area contributed by atoms with E-state index < -0.39 is 0 Å². The molecule has 0 bridgehead atoms. The third-order valence-electron chi connectivity index (χ3n) is 4.85. The van der Waals surface area contributed by atoms with E-state index in [0.29, 0.717) is 48.9 Å². The van der Waals surface area contributed by atoms with Crippen LogP contribution < -0.4 is 21.3 Å². The quantitative estimate of drug-likeness (QED) is 0.379. The summed E-state index contributed by atoms with van der Waals surface area (Å²) in [6.07, 6.45) is 3.78. The van der Waals surface area contributed by atoms with Gasteiger partial charge in [0.15, 0.2) is 0 Å². The van der Waals surface area contributed by atoms with Gasteiger partial charge in [-0.2, -0.15) is 4.98 Å². The molecule has 1 aliphatic rings. The molecule has 0 aliphatic carbocycles. The van der Waals surface area contributed by atoms with Gasteiger partial charge in [0, 0.05) is 39.4 Å². The van der Waals surface area contributed by atoms with Gasteiger partial charge in [-0.05, 0) is 31.0 Å². The second kappa shape index (κ2) is 11.2. The van der Waals surface area contributed by atoms with Crippen molar-refractivity contribution in [2.45, 2.75) is 31.4 Å². The van der Waals surface area contributed by atoms with E-state index in [2.05, 4.69) is 43.1 Å². The van der Waals surface area contributed by atoms with Gasteiger partial charge >= 0.3 is 0 Å². The summed E-state index contributed by atoms with van der Waals surface area (Å²) in [4.78, 5) is 20.7. The number of unbranched alkanes of at least 4 members (excludes halogenated alkanes) is 1. The fourth-order valence-electron chi connectivity index (χ4n) is 3.17. The molecule has 9 heteroatoms. The second-order valence-electron chi connectivity index (χ2n) is 7.09. The molecular weight excluding hydrogens is 399 g/mol. The van der Waals surface area contributed by atoms with Crippen LogP contribution in [0, 0.1) is 17.7 Å². The highest BCUT2D eigenvalue weighted by atomic mass is 19.1. The molecule has 3 rings (SSSR count). The van der Waals surface area contributed by atoms with Crippen LogP contribution in [-0.2, 0) is 9.53 Å². The van der Waals surface area contributed by atoms with Crippen molar-refractivity contribution in [3.8, 4) is 11.8 Å². The van der Waals surface area contributed by atoms with Crippen LogP contribution in [0.1, 0.15) is 24.8 Å². The Balaban J connectivity index is 1.46. The first-order valence-corrected chi connectivity index (χ1v) is 10.2. The topological polar surface area (TPSA) is 100 Å². The van der Waals surface area contributed by atoms with Crippen LogP contribution in [-0.4, -0.2) is 55.3 Å². The van der Waals surface area contributed by atoms with E-state index >= 15 is 0 Å². The fourth-order valence-corrected chi connectivity index (χ4v) is 3.17. The van der Waals surface area contributed by atoms with Crippen molar-refractivity contribution in [2.24, 2.45) is 0 Å². The van der Waals surface area contributed by atoms with Crippen molar-refractivity contribution in [3.63, 3.8) is 0 Å². The zero-order chi connectivity index (χ0) is 22.1. The Bertz CT molecular complexity index is 959. The minimum absolute atomic E-state index is 0.000218. The third kappa shape index (κ3) is 6.64. The molecule has 1 amide bonds. The van der Waals surface area contributed by atoms with Gasteiger partial charge in [-0.25, -0.2) is 9.37 Å². The van der Waals surface area contributed by atoms with E-state index in [-0.39, 0.29) is 23.9 Å². The Kier molecular flexibility index (Phi) is 8.15. The summed E-state index contributed by atoms with van der Waals surface area (Å²) in [5.41, 5.74) is 1.23. The van der Waals surface area contributed by atoms with Crippen molar-refractivity contribution >= 4 is 23.4 Å². The molecule has 2 heterocycles. The highest BCUT2D eigenvalue weighted by Gasteiger charge is 2.28. The van der Waals surface area contributed by atoms with E-state index in [9.17, 15) is 9.18 Å². The van der Waals surface area contributed by atoms with Crippen molar-refractivity contribution in [3.05, 3.63) is 41.8 Å². The van der Waals surface area contributed by atoms with Crippen LogP contribution in [0.3, 0.4) is 0 Å². The van der Waals surface area contributed by atoms with E-state index in [1.807, 2.05) is 0 Å². The minimum atomic E-state index is -0.337. The van der Waals surface area contributed by atoms with Gasteiger partial charge in [-0.1, -0.05) is 17.9 Å². The maximum atomic E-state index is 13.3. The number of hydrogen-bond acceptors (Lipinski definition) is 7. The van der Waals surface area contributed by atoms with Gasteiger partial charge in [0.25, 0.3) is 0 Å². The van der Waals surface area contributed by atoms with Crippen molar-refractivity contribution in [1.29, 1.82) is 0 Å². The van der Waals surface area contributed by atoms with E-state index in [1.54, 1.807) is 32.5 Å². The molecule has 164 valence electrons. The van der Waals surface area contributed by atoms with Gasteiger partial charge in [-0.15, -0.1) is 0 Å². The lowest BCUT2D eigenvalue weighted by Gasteiger charge is -2.10. The SMILES string of the molecule is CNc1nc(Nc2cccc(F)c2)ncc1C#CCCCNC(=O)[C@@H]1C[C@H](OC)CN1. The summed E-state index contributed by atoms with van der Waals surface area (Å²) in [7, 11) is 3.41. The molecule has 1 aliphatic heterocycles. The van der Waals surface area contributed by atoms with Crippen LogP contribution in [0.25, 0.3) is 0 Å². The lowest BCUT2D eigenvalue weighted by molar-refractivity contribution is -0.122. The number of benzene rings is 1. The highest BCUT2D eigenvalue weighted by molar-refractivity contribution is 5.82. The number of halogens is 1. The summed E-state index contributed by atoms with van der Waals surface area (Å²) in [5, 5.41) is 12.0. The average molecular weight is 426 g/mol. The smallest absolute Gasteiger partial charge is 0.237 e. The number of ether oxygens (including phenoxy) is 1. The van der Waals surface area contributed by atoms with Gasteiger partial charge in [0.2, 0.25) is 11.9 Å². The molecule has 0 saturated carbocycles. The largest absolute Gasteiger partial charge is 0.380 e. The first kappa shape index (κ1) is 22.5. The van der Waals surface area contributed by atoms with Gasteiger partial charge in [-0.3, -0.25) is 4.79 Å². The second-order valence-corrected chi connectivity index (χ2v) is 7.09. The number of nitrogens with one attached hydrogen (secondary N) is 4. The molecule has 0 unspecified atom stereocenters. The number of rotatable bonds is 8. The number of methoxy groups -OCH3 is 1. The zero-order valence-corrected chi connectivity index (χ0v) is 17.7. The molecule has 1 aromatic carbocycles. The average Bonchev–Trinajstić information content (AvgIpc) is 3.26. The Morgan fingerprint density at radius 3 is 3.03 bits per heavy atom. The molecule has 1 fully saturated rings. The predicted octanol–water partition coefficient (Wildman–Crippen LogP) is 2.03. The number of carbonyl (C=O) groups is 1. The summed E-state index contributed by atoms with van der Waals surface area (Å²) in [5.74, 6) is 6.73. The van der Waals surface area contributed by atoms with Crippen molar-refractivity contribution in [2.75, 3.05) is 37.9 Å². The number of carbonyl (C=O) groups excluding carboxylic acids is 1. The van der Waals surface area contributed by atoms with Crippen LogP contribution in [0.4, 0.5) is 21.8 Å². The molecule has 0 radical (unpaired) electrons. The first-order chi connectivity index (χ1) is 15.1. The van der Waals surface area contributed by atoms with Crippen LogP contribution >= 0.6 is 0 Å². The monoisotopic (exact) mass is 426 g/mol. The van der Waals surface area contributed by atoms with Crippen molar-refractivity contribution in [1.82, 2.24) is 20.6 Å². The van der Waals surface area contributed by atoms with Crippen LogP contribution in [0.2, 0.25) is 0 Å². The molecule has 1 saturated heterocycles. The molecule has 8 nitrogen and oxygen atoms in total. The van der Waals surface area contributed by atoms with Gasteiger partial charge in [0.1, 0.15) is 11.6 Å². The molecule has 1 aromatic heterocycles.